The Bertz CT molecular complexity index is 1230. The van der Waals surface area contributed by atoms with Crippen molar-refractivity contribution in [3.05, 3.63) is 88.5 Å². The van der Waals surface area contributed by atoms with Crippen molar-refractivity contribution in [2.24, 2.45) is 0 Å². The number of carbonyl (C=O) groups is 3. The number of methoxy groups -OCH3 is 3. The first-order chi connectivity index (χ1) is 16.5. The van der Waals surface area contributed by atoms with Crippen molar-refractivity contribution in [3.8, 4) is 17.2 Å². The Morgan fingerprint density at radius 1 is 0.794 bits per heavy atom. The lowest BCUT2D eigenvalue weighted by atomic mass is 10.1. The van der Waals surface area contributed by atoms with E-state index in [1.165, 1.54) is 38.4 Å². The molecule has 3 amide bonds. The Labute approximate surface area is 197 Å². The molecule has 34 heavy (non-hydrogen) atoms. The van der Waals surface area contributed by atoms with Gasteiger partial charge < -0.3 is 19.5 Å². The maximum Gasteiger partial charge on any atom is 0.261 e. The van der Waals surface area contributed by atoms with Gasteiger partial charge in [-0.2, -0.15) is 0 Å². The van der Waals surface area contributed by atoms with Gasteiger partial charge in [0.05, 0.1) is 39.0 Å². The number of benzene rings is 3. The Balaban J connectivity index is 1.49. The van der Waals surface area contributed by atoms with E-state index in [2.05, 4.69) is 5.32 Å². The summed E-state index contributed by atoms with van der Waals surface area (Å²) in [6.07, 6.45) is 0. The van der Waals surface area contributed by atoms with Gasteiger partial charge in [-0.3, -0.25) is 19.3 Å². The fraction of sp³-hybridized carbons (Fsp3) is 0.192. The molecular formula is C26H24N2O6. The maximum atomic E-state index is 12.9. The van der Waals surface area contributed by atoms with E-state index in [9.17, 15) is 14.4 Å². The molecule has 0 aliphatic carbocycles. The minimum atomic E-state index is -0.414. The van der Waals surface area contributed by atoms with E-state index >= 15 is 0 Å². The molecule has 1 heterocycles. The van der Waals surface area contributed by atoms with Crippen LogP contribution < -0.4 is 19.5 Å². The van der Waals surface area contributed by atoms with Gasteiger partial charge in [-0.05, 0) is 41.5 Å². The van der Waals surface area contributed by atoms with Gasteiger partial charge in [0.1, 0.15) is 0 Å². The summed E-state index contributed by atoms with van der Waals surface area (Å²) in [6.45, 7) is 0.371. The van der Waals surface area contributed by atoms with Gasteiger partial charge in [-0.15, -0.1) is 0 Å². The van der Waals surface area contributed by atoms with Crippen molar-refractivity contribution in [1.82, 2.24) is 10.2 Å². The van der Waals surface area contributed by atoms with Crippen molar-refractivity contribution < 1.29 is 28.6 Å². The highest BCUT2D eigenvalue weighted by Gasteiger charge is 2.36. The zero-order valence-corrected chi connectivity index (χ0v) is 19.1. The predicted molar refractivity (Wildman–Crippen MR) is 124 cm³/mol. The van der Waals surface area contributed by atoms with Crippen molar-refractivity contribution in [2.75, 3.05) is 21.3 Å². The molecule has 0 fully saturated rings. The highest BCUT2D eigenvalue weighted by atomic mass is 16.5. The van der Waals surface area contributed by atoms with E-state index < -0.39 is 5.91 Å². The zero-order valence-electron chi connectivity index (χ0n) is 19.1. The average molecular weight is 460 g/mol. The summed E-state index contributed by atoms with van der Waals surface area (Å²) >= 11 is 0. The van der Waals surface area contributed by atoms with Crippen LogP contribution in [0, 0.1) is 0 Å². The third-order valence-electron chi connectivity index (χ3n) is 5.59. The molecule has 0 saturated carbocycles. The summed E-state index contributed by atoms with van der Waals surface area (Å²) < 4.78 is 16.0. The molecule has 3 aromatic carbocycles. The smallest absolute Gasteiger partial charge is 0.261 e. The maximum absolute atomic E-state index is 12.9. The molecule has 3 aromatic rings. The van der Waals surface area contributed by atoms with Gasteiger partial charge in [-0.1, -0.05) is 30.3 Å². The molecule has 8 heteroatoms. The number of rotatable bonds is 8. The van der Waals surface area contributed by atoms with E-state index in [1.54, 1.807) is 18.2 Å². The van der Waals surface area contributed by atoms with Crippen LogP contribution in [-0.2, 0) is 13.1 Å². The van der Waals surface area contributed by atoms with Gasteiger partial charge in [0, 0.05) is 12.1 Å². The molecule has 4 rings (SSSR count). The minimum Gasteiger partial charge on any atom is -0.493 e. The van der Waals surface area contributed by atoms with Gasteiger partial charge in [0.2, 0.25) is 5.75 Å². The van der Waals surface area contributed by atoms with E-state index in [1.807, 2.05) is 30.3 Å². The average Bonchev–Trinajstić information content (AvgIpc) is 3.11. The molecule has 0 unspecified atom stereocenters. The van der Waals surface area contributed by atoms with Crippen molar-refractivity contribution in [1.29, 1.82) is 0 Å². The lowest BCUT2D eigenvalue weighted by Gasteiger charge is -2.14. The monoisotopic (exact) mass is 460 g/mol. The van der Waals surface area contributed by atoms with Crippen LogP contribution in [0.5, 0.6) is 17.2 Å². The highest BCUT2D eigenvalue weighted by Crippen LogP contribution is 2.38. The third-order valence-corrected chi connectivity index (χ3v) is 5.59. The zero-order chi connectivity index (χ0) is 24.2. The van der Waals surface area contributed by atoms with Crippen molar-refractivity contribution in [2.45, 2.75) is 13.1 Å². The van der Waals surface area contributed by atoms with Crippen LogP contribution in [0.2, 0.25) is 0 Å². The molecule has 1 aliphatic rings. The number of fused-ring (bicyclic) bond motifs is 1. The number of ether oxygens (including phenoxy) is 3. The summed E-state index contributed by atoms with van der Waals surface area (Å²) in [6, 6.07) is 17.3. The Morgan fingerprint density at radius 2 is 1.44 bits per heavy atom. The van der Waals surface area contributed by atoms with Gasteiger partial charge in [0.25, 0.3) is 17.7 Å². The van der Waals surface area contributed by atoms with Crippen LogP contribution in [0.1, 0.15) is 42.2 Å². The molecule has 0 saturated heterocycles. The van der Waals surface area contributed by atoms with Crippen molar-refractivity contribution in [3.63, 3.8) is 0 Å². The van der Waals surface area contributed by atoms with E-state index in [-0.39, 0.29) is 36.0 Å². The first-order valence-corrected chi connectivity index (χ1v) is 10.6. The first kappa shape index (κ1) is 22.8. The molecule has 0 radical (unpaired) electrons. The van der Waals surface area contributed by atoms with Crippen LogP contribution in [0.25, 0.3) is 0 Å². The molecule has 1 N–H and O–H groups in total. The Morgan fingerprint density at radius 3 is 2.06 bits per heavy atom. The molecule has 8 nitrogen and oxygen atoms in total. The summed E-state index contributed by atoms with van der Waals surface area (Å²) in [7, 11) is 4.55. The predicted octanol–water partition coefficient (Wildman–Crippen LogP) is 3.44. The third kappa shape index (κ3) is 4.30. The number of amides is 3. The van der Waals surface area contributed by atoms with Crippen LogP contribution >= 0.6 is 0 Å². The molecule has 0 atom stereocenters. The Hall–Kier alpha value is -4.33. The van der Waals surface area contributed by atoms with Crippen LogP contribution in [0.3, 0.4) is 0 Å². The molecule has 0 spiro atoms. The van der Waals surface area contributed by atoms with Crippen LogP contribution in [0.15, 0.2) is 60.7 Å². The van der Waals surface area contributed by atoms with E-state index in [0.29, 0.717) is 22.8 Å². The van der Waals surface area contributed by atoms with Gasteiger partial charge >= 0.3 is 0 Å². The summed E-state index contributed by atoms with van der Waals surface area (Å²) in [5.74, 6) is 0.258. The number of nitrogens with one attached hydrogen (secondary N) is 1. The fourth-order valence-electron chi connectivity index (χ4n) is 3.86. The molecule has 1 aliphatic heterocycles. The second kappa shape index (κ2) is 9.66. The number of carbonyl (C=O) groups excluding carboxylic acids is 3. The first-order valence-electron chi connectivity index (χ1n) is 10.6. The molecule has 0 bridgehead atoms. The Kier molecular flexibility index (Phi) is 6.49. The number of nitrogens with zero attached hydrogens (tertiary/aromatic N) is 1. The minimum absolute atomic E-state index is 0.176. The second-order valence-electron chi connectivity index (χ2n) is 7.66. The van der Waals surface area contributed by atoms with Crippen LogP contribution in [-0.4, -0.2) is 44.0 Å². The van der Waals surface area contributed by atoms with Crippen LogP contribution in [0.4, 0.5) is 0 Å². The van der Waals surface area contributed by atoms with E-state index in [4.69, 9.17) is 14.2 Å². The van der Waals surface area contributed by atoms with Gasteiger partial charge in [-0.25, -0.2) is 0 Å². The fourth-order valence-corrected chi connectivity index (χ4v) is 3.86. The lowest BCUT2D eigenvalue weighted by Crippen LogP contribution is -2.29. The number of hydrogen-bond acceptors (Lipinski definition) is 6. The molecule has 0 aromatic heterocycles. The highest BCUT2D eigenvalue weighted by molar-refractivity contribution is 6.22. The summed E-state index contributed by atoms with van der Waals surface area (Å²) in [5, 5.41) is 2.82. The van der Waals surface area contributed by atoms with Crippen molar-refractivity contribution >= 4 is 17.7 Å². The van der Waals surface area contributed by atoms with E-state index in [0.717, 1.165) is 11.1 Å². The number of imide groups is 1. The largest absolute Gasteiger partial charge is 0.493 e. The second-order valence-corrected chi connectivity index (χ2v) is 7.66. The molecular weight excluding hydrogens is 436 g/mol. The van der Waals surface area contributed by atoms with Gasteiger partial charge in [0.15, 0.2) is 11.5 Å². The SMILES string of the molecule is COc1cc(CNC(=O)c2ccc3c(c2)C(=O)N(Cc2ccccc2)C3=O)cc(OC)c1OC. The lowest BCUT2D eigenvalue weighted by molar-refractivity contribution is 0.0642. The summed E-state index contributed by atoms with van der Waals surface area (Å²) in [5.41, 5.74) is 2.39. The number of hydrogen-bond donors (Lipinski definition) is 1. The molecule has 174 valence electrons. The normalized spacial score (nSPS) is 12.4. The standard InChI is InChI=1S/C26H24N2O6/c1-32-21-11-17(12-22(33-2)23(21)34-3)14-27-24(29)18-9-10-19-20(13-18)26(31)28(25(19)30)15-16-7-5-4-6-8-16/h4-13H,14-15H2,1-3H3,(H,27,29). The topological polar surface area (TPSA) is 94.2 Å². The quantitative estimate of drug-likeness (QED) is 0.518. The summed E-state index contributed by atoms with van der Waals surface area (Å²) in [4.78, 5) is 39.6.